The Balaban J connectivity index is 1.48. The van der Waals surface area contributed by atoms with E-state index in [4.69, 9.17) is 0 Å². The van der Waals surface area contributed by atoms with E-state index < -0.39 is 14.9 Å². The highest BCUT2D eigenvalue weighted by Crippen LogP contribution is 2.25. The van der Waals surface area contributed by atoms with Crippen molar-refractivity contribution >= 4 is 33.0 Å². The Morgan fingerprint density at radius 1 is 1.03 bits per heavy atom. The fourth-order valence-electron chi connectivity index (χ4n) is 3.34. The van der Waals surface area contributed by atoms with E-state index in [9.17, 15) is 23.3 Å². The van der Waals surface area contributed by atoms with Gasteiger partial charge in [0.25, 0.3) is 11.6 Å². The number of piperazine rings is 1. The highest BCUT2D eigenvalue weighted by Gasteiger charge is 2.32. The van der Waals surface area contributed by atoms with E-state index in [1.54, 1.807) is 4.90 Å². The number of non-ortho nitro benzene ring substituents is 1. The van der Waals surface area contributed by atoms with Crippen molar-refractivity contribution in [3.8, 4) is 5.69 Å². The average Bonchev–Trinajstić information content (AvgIpc) is 3.45. The van der Waals surface area contributed by atoms with Crippen molar-refractivity contribution < 1.29 is 18.1 Å². The van der Waals surface area contributed by atoms with E-state index in [1.165, 1.54) is 33.8 Å². The van der Waals surface area contributed by atoms with Gasteiger partial charge >= 0.3 is 0 Å². The summed E-state index contributed by atoms with van der Waals surface area (Å²) >= 11 is 1.35. The second-order valence-electron chi connectivity index (χ2n) is 6.68. The van der Waals surface area contributed by atoms with Crippen LogP contribution in [0.4, 0.5) is 5.69 Å². The quantitative estimate of drug-likeness (QED) is 0.442. The molecule has 0 saturated carbocycles. The summed E-state index contributed by atoms with van der Waals surface area (Å²) in [5, 5.41) is 12.8. The molecular formula is C19H18N4O5S2. The van der Waals surface area contributed by atoms with Gasteiger partial charge in [-0.3, -0.25) is 14.9 Å². The van der Waals surface area contributed by atoms with Crippen molar-refractivity contribution in [2.75, 3.05) is 26.2 Å². The van der Waals surface area contributed by atoms with Crippen molar-refractivity contribution in [1.82, 2.24) is 13.8 Å². The molecule has 0 aliphatic carbocycles. The maximum absolute atomic E-state index is 13.0. The van der Waals surface area contributed by atoms with Crippen molar-refractivity contribution in [3.63, 3.8) is 0 Å². The summed E-state index contributed by atoms with van der Waals surface area (Å²) < 4.78 is 28.9. The molecule has 4 rings (SSSR count). The first-order chi connectivity index (χ1) is 14.4. The van der Waals surface area contributed by atoms with Gasteiger partial charge in [-0.05, 0) is 29.6 Å². The Bertz CT molecular complexity index is 1180. The fourth-order valence-corrected chi connectivity index (χ4v) is 5.66. The standard InChI is InChI=1S/C19H18N4O5S2/c24-19(18-17(6-13-29-18)20-7-1-2-8-20)21-9-11-22(12-10-21)30(27,28)16-5-3-4-15(14-16)23(25)26/h1-8,13-14H,9-12H2. The second-order valence-corrected chi connectivity index (χ2v) is 9.53. The average molecular weight is 447 g/mol. The van der Waals surface area contributed by atoms with Crippen LogP contribution in [-0.4, -0.2) is 59.2 Å². The third-order valence-corrected chi connectivity index (χ3v) is 7.70. The van der Waals surface area contributed by atoms with Crippen LogP contribution in [0.25, 0.3) is 5.69 Å². The number of nitrogens with zero attached hydrogens (tertiary/aromatic N) is 4. The number of carbonyl (C=O) groups is 1. The van der Waals surface area contributed by atoms with Crippen molar-refractivity contribution in [2.24, 2.45) is 0 Å². The third-order valence-electron chi connectivity index (χ3n) is 4.91. The second kappa shape index (κ2) is 8.01. The van der Waals surface area contributed by atoms with Crippen LogP contribution in [-0.2, 0) is 10.0 Å². The number of aromatic nitrogens is 1. The number of nitro groups is 1. The molecule has 2 aromatic heterocycles. The van der Waals surface area contributed by atoms with Crippen molar-refractivity contribution in [1.29, 1.82) is 0 Å². The van der Waals surface area contributed by atoms with Gasteiger partial charge in [-0.2, -0.15) is 4.31 Å². The maximum atomic E-state index is 13.0. The summed E-state index contributed by atoms with van der Waals surface area (Å²) in [6.45, 7) is 0.744. The highest BCUT2D eigenvalue weighted by atomic mass is 32.2. The number of hydrogen-bond donors (Lipinski definition) is 0. The van der Waals surface area contributed by atoms with Gasteiger partial charge in [-0.1, -0.05) is 6.07 Å². The largest absolute Gasteiger partial charge is 0.335 e. The molecule has 3 aromatic rings. The lowest BCUT2D eigenvalue weighted by Crippen LogP contribution is -2.50. The van der Waals surface area contributed by atoms with E-state index in [0.717, 1.165) is 11.8 Å². The minimum atomic E-state index is -3.88. The molecule has 156 valence electrons. The lowest BCUT2D eigenvalue weighted by Gasteiger charge is -2.34. The van der Waals surface area contributed by atoms with Gasteiger partial charge in [0.15, 0.2) is 0 Å². The molecule has 1 aliphatic rings. The van der Waals surface area contributed by atoms with Crippen molar-refractivity contribution in [2.45, 2.75) is 4.90 Å². The molecule has 30 heavy (non-hydrogen) atoms. The number of carbonyl (C=O) groups excluding carboxylic acids is 1. The number of rotatable bonds is 5. The first kappa shape index (κ1) is 20.3. The molecule has 0 N–H and O–H groups in total. The Kier molecular flexibility index (Phi) is 5.41. The van der Waals surface area contributed by atoms with Gasteiger partial charge in [0.05, 0.1) is 15.5 Å². The molecule has 1 saturated heterocycles. The van der Waals surface area contributed by atoms with Crippen LogP contribution in [0.2, 0.25) is 0 Å². The molecule has 0 atom stereocenters. The van der Waals surface area contributed by atoms with Crippen LogP contribution in [0, 0.1) is 10.1 Å². The fraction of sp³-hybridized carbons (Fsp3) is 0.211. The van der Waals surface area contributed by atoms with Gasteiger partial charge in [-0.25, -0.2) is 8.42 Å². The van der Waals surface area contributed by atoms with Crippen LogP contribution in [0.3, 0.4) is 0 Å². The predicted octanol–water partition coefficient (Wildman–Crippen LogP) is 2.59. The number of hydrogen-bond acceptors (Lipinski definition) is 6. The number of amides is 1. The molecule has 1 aromatic carbocycles. The van der Waals surface area contributed by atoms with E-state index in [0.29, 0.717) is 4.88 Å². The SMILES string of the molecule is O=C(c1sccc1-n1cccc1)N1CCN(S(=O)(=O)c2cccc([N+](=O)[O-])c2)CC1. The smallest absolute Gasteiger partial charge is 0.270 e. The molecule has 11 heteroatoms. The summed E-state index contributed by atoms with van der Waals surface area (Å²) in [6, 6.07) is 10.6. The lowest BCUT2D eigenvalue weighted by molar-refractivity contribution is -0.385. The molecule has 1 fully saturated rings. The third kappa shape index (κ3) is 3.74. The summed E-state index contributed by atoms with van der Waals surface area (Å²) in [4.78, 5) is 25.4. The lowest BCUT2D eigenvalue weighted by atomic mass is 10.3. The number of sulfonamides is 1. The van der Waals surface area contributed by atoms with E-state index in [1.807, 2.05) is 40.5 Å². The normalized spacial score (nSPS) is 15.3. The number of benzene rings is 1. The first-order valence-corrected chi connectivity index (χ1v) is 11.4. The summed E-state index contributed by atoms with van der Waals surface area (Å²) in [5.41, 5.74) is 0.516. The molecule has 0 radical (unpaired) electrons. The van der Waals surface area contributed by atoms with E-state index >= 15 is 0 Å². The van der Waals surface area contributed by atoms with Crippen LogP contribution in [0.15, 0.2) is 65.1 Å². The van der Waals surface area contributed by atoms with Gasteiger partial charge in [0.1, 0.15) is 4.88 Å². The zero-order valence-electron chi connectivity index (χ0n) is 15.7. The summed E-state index contributed by atoms with van der Waals surface area (Å²) in [5.74, 6) is -0.138. The first-order valence-electron chi connectivity index (χ1n) is 9.12. The molecular weight excluding hydrogens is 428 g/mol. The monoisotopic (exact) mass is 446 g/mol. The van der Waals surface area contributed by atoms with Gasteiger partial charge < -0.3 is 9.47 Å². The Hall–Kier alpha value is -3.02. The maximum Gasteiger partial charge on any atom is 0.270 e. The predicted molar refractivity (Wildman–Crippen MR) is 111 cm³/mol. The molecule has 0 unspecified atom stereocenters. The Morgan fingerprint density at radius 2 is 1.73 bits per heavy atom. The summed E-state index contributed by atoms with van der Waals surface area (Å²) in [7, 11) is -3.88. The molecule has 3 heterocycles. The van der Waals surface area contributed by atoms with Crippen LogP contribution < -0.4 is 0 Å². The molecule has 1 amide bonds. The van der Waals surface area contributed by atoms with Gasteiger partial charge in [0, 0.05) is 50.7 Å². The van der Waals surface area contributed by atoms with Crippen LogP contribution >= 0.6 is 11.3 Å². The van der Waals surface area contributed by atoms with E-state index in [-0.39, 0.29) is 42.7 Å². The molecule has 1 aliphatic heterocycles. The van der Waals surface area contributed by atoms with Crippen LogP contribution in [0.5, 0.6) is 0 Å². The van der Waals surface area contributed by atoms with Crippen LogP contribution in [0.1, 0.15) is 9.67 Å². The molecule has 9 nitrogen and oxygen atoms in total. The molecule has 0 spiro atoms. The van der Waals surface area contributed by atoms with E-state index in [2.05, 4.69) is 0 Å². The summed E-state index contributed by atoms with van der Waals surface area (Å²) in [6.07, 6.45) is 3.73. The van der Waals surface area contributed by atoms with Gasteiger partial charge in [0.2, 0.25) is 10.0 Å². The number of nitro benzene ring substituents is 1. The Morgan fingerprint density at radius 3 is 2.40 bits per heavy atom. The Labute approximate surface area is 177 Å². The minimum absolute atomic E-state index is 0.121. The zero-order valence-corrected chi connectivity index (χ0v) is 17.4. The topological polar surface area (TPSA) is 106 Å². The van der Waals surface area contributed by atoms with Crippen molar-refractivity contribution in [3.05, 3.63) is 75.2 Å². The number of thiophene rings is 1. The van der Waals surface area contributed by atoms with Gasteiger partial charge in [-0.15, -0.1) is 11.3 Å². The molecule has 0 bridgehead atoms. The zero-order chi connectivity index (χ0) is 21.3. The minimum Gasteiger partial charge on any atom is -0.335 e. The highest BCUT2D eigenvalue weighted by molar-refractivity contribution is 7.89.